The van der Waals surface area contributed by atoms with E-state index < -0.39 is 0 Å². The summed E-state index contributed by atoms with van der Waals surface area (Å²) >= 11 is 0. The van der Waals surface area contributed by atoms with Crippen LogP contribution in [0.2, 0.25) is 0 Å². The lowest BCUT2D eigenvalue weighted by molar-refractivity contribution is -0.119. The van der Waals surface area contributed by atoms with Crippen LogP contribution in [0.4, 0.5) is 0 Å². The van der Waals surface area contributed by atoms with Crippen LogP contribution in [0.3, 0.4) is 0 Å². The van der Waals surface area contributed by atoms with Gasteiger partial charge in [-0.25, -0.2) is 0 Å². The van der Waals surface area contributed by atoms with Crippen LogP contribution in [0.5, 0.6) is 0 Å². The minimum atomic E-state index is 0.0412. The Labute approximate surface area is 85.2 Å². The zero-order valence-electron chi connectivity index (χ0n) is 8.81. The highest BCUT2D eigenvalue weighted by Gasteiger charge is 2.05. The fourth-order valence-corrected chi connectivity index (χ4v) is 1.46. The third-order valence-corrected chi connectivity index (χ3v) is 2.20. The average molecular weight is 197 g/mol. The predicted octanol–water partition coefficient (Wildman–Crippen LogP) is 0.685. The third-order valence-electron chi connectivity index (χ3n) is 2.20. The summed E-state index contributed by atoms with van der Waals surface area (Å²) in [6.45, 7) is 3.86. The molecule has 0 bridgehead atoms. The molecule has 0 radical (unpaired) electrons. The Morgan fingerprint density at radius 1 is 1.43 bits per heavy atom. The van der Waals surface area contributed by atoms with Crippen molar-refractivity contribution in [1.29, 1.82) is 0 Å². The van der Waals surface area contributed by atoms with E-state index in [1.165, 1.54) is 19.3 Å². The van der Waals surface area contributed by atoms with E-state index in [0.29, 0.717) is 13.1 Å². The van der Waals surface area contributed by atoms with Crippen molar-refractivity contribution in [3.8, 4) is 0 Å². The normalized spacial score (nSPS) is 16.8. The molecule has 1 heterocycles. The number of carbonyl (C=O) groups is 1. The van der Waals surface area contributed by atoms with Crippen LogP contribution < -0.4 is 10.6 Å². The van der Waals surface area contributed by atoms with Gasteiger partial charge in [0, 0.05) is 19.5 Å². The van der Waals surface area contributed by atoms with Gasteiger partial charge in [-0.1, -0.05) is 6.42 Å². The van der Waals surface area contributed by atoms with Crippen LogP contribution in [0.1, 0.15) is 32.6 Å². The summed E-state index contributed by atoms with van der Waals surface area (Å²) in [6.07, 6.45) is 4.59. The topological polar surface area (TPSA) is 53.5 Å². The number of likely N-dealkylation sites (N-methyl/N-ethyl adjacent to an activating group) is 1. The second kappa shape index (κ2) is 6.40. The molecule has 0 unspecified atom stereocenters. The lowest BCUT2D eigenvalue weighted by atomic mass is 10.2. The van der Waals surface area contributed by atoms with Gasteiger partial charge in [0.2, 0.25) is 5.91 Å². The Morgan fingerprint density at radius 2 is 2.29 bits per heavy atom. The van der Waals surface area contributed by atoms with Gasteiger partial charge in [0.15, 0.2) is 0 Å². The third kappa shape index (κ3) is 4.25. The minimum absolute atomic E-state index is 0.0412. The standard InChI is InChI=1S/C10H19N3O/c1-2-11-10(14)8-13-9-6-4-3-5-7-12-9/h2-8H2,1H3,(H,11,14)(H,12,13). The van der Waals surface area contributed by atoms with Crippen molar-refractivity contribution >= 4 is 11.7 Å². The van der Waals surface area contributed by atoms with Crippen molar-refractivity contribution in [2.75, 3.05) is 19.6 Å². The van der Waals surface area contributed by atoms with Crippen molar-refractivity contribution in [3.63, 3.8) is 0 Å². The summed E-state index contributed by atoms with van der Waals surface area (Å²) in [4.78, 5) is 15.5. The maximum atomic E-state index is 11.1. The van der Waals surface area contributed by atoms with E-state index >= 15 is 0 Å². The molecule has 0 fully saturated rings. The lowest BCUT2D eigenvalue weighted by Gasteiger charge is -2.07. The molecule has 4 heteroatoms. The first-order chi connectivity index (χ1) is 6.83. The molecule has 0 aromatic carbocycles. The van der Waals surface area contributed by atoms with Crippen molar-refractivity contribution < 1.29 is 4.79 Å². The van der Waals surface area contributed by atoms with Crippen LogP contribution in [0.25, 0.3) is 0 Å². The Bertz CT molecular complexity index is 213. The number of rotatable bonds is 3. The zero-order chi connectivity index (χ0) is 10.2. The largest absolute Gasteiger partial charge is 0.365 e. The second-order valence-electron chi connectivity index (χ2n) is 3.45. The number of hydrogen-bond acceptors (Lipinski definition) is 3. The Balaban J connectivity index is 2.22. The van der Waals surface area contributed by atoms with Crippen LogP contribution >= 0.6 is 0 Å². The number of amides is 1. The predicted molar refractivity (Wildman–Crippen MR) is 57.5 cm³/mol. The van der Waals surface area contributed by atoms with E-state index in [0.717, 1.165) is 18.8 Å². The molecule has 14 heavy (non-hydrogen) atoms. The fraction of sp³-hybridized carbons (Fsp3) is 0.800. The Morgan fingerprint density at radius 3 is 3.07 bits per heavy atom. The molecule has 1 aliphatic heterocycles. The van der Waals surface area contributed by atoms with Gasteiger partial charge in [-0.15, -0.1) is 0 Å². The van der Waals surface area contributed by atoms with E-state index in [9.17, 15) is 4.79 Å². The molecule has 4 nitrogen and oxygen atoms in total. The molecule has 0 saturated heterocycles. The quantitative estimate of drug-likeness (QED) is 0.699. The van der Waals surface area contributed by atoms with Gasteiger partial charge in [-0.3, -0.25) is 9.79 Å². The maximum Gasteiger partial charge on any atom is 0.239 e. The van der Waals surface area contributed by atoms with E-state index in [-0.39, 0.29) is 5.91 Å². The number of hydrogen-bond donors (Lipinski definition) is 2. The molecule has 80 valence electrons. The van der Waals surface area contributed by atoms with Gasteiger partial charge >= 0.3 is 0 Å². The van der Waals surface area contributed by atoms with E-state index in [1.54, 1.807) is 0 Å². The first-order valence-electron chi connectivity index (χ1n) is 5.37. The molecule has 0 saturated carbocycles. The first kappa shape index (κ1) is 11.0. The molecule has 0 aromatic heterocycles. The van der Waals surface area contributed by atoms with Crippen LogP contribution in [0, 0.1) is 0 Å². The number of amidine groups is 1. The maximum absolute atomic E-state index is 11.1. The summed E-state index contributed by atoms with van der Waals surface area (Å²) in [5.41, 5.74) is 0. The number of carbonyl (C=O) groups excluding carboxylic acids is 1. The number of nitrogens with one attached hydrogen (secondary N) is 2. The Hall–Kier alpha value is -1.06. The molecule has 0 spiro atoms. The van der Waals surface area contributed by atoms with E-state index in [2.05, 4.69) is 15.6 Å². The molecule has 0 aromatic rings. The number of aliphatic imine (C=N–C) groups is 1. The summed E-state index contributed by atoms with van der Waals surface area (Å²) in [6, 6.07) is 0. The molecule has 1 rings (SSSR count). The number of nitrogens with zero attached hydrogens (tertiary/aromatic N) is 1. The molecule has 2 N–H and O–H groups in total. The molecular weight excluding hydrogens is 178 g/mol. The van der Waals surface area contributed by atoms with Gasteiger partial charge in [-0.05, 0) is 19.8 Å². The van der Waals surface area contributed by atoms with Crippen molar-refractivity contribution in [2.24, 2.45) is 4.99 Å². The van der Waals surface area contributed by atoms with Crippen molar-refractivity contribution in [3.05, 3.63) is 0 Å². The van der Waals surface area contributed by atoms with Crippen molar-refractivity contribution in [1.82, 2.24) is 10.6 Å². The fourth-order valence-electron chi connectivity index (χ4n) is 1.46. The molecule has 1 aliphatic rings. The van der Waals surface area contributed by atoms with Crippen LogP contribution in [-0.2, 0) is 4.79 Å². The smallest absolute Gasteiger partial charge is 0.239 e. The Kier molecular flexibility index (Phi) is 5.04. The van der Waals surface area contributed by atoms with Crippen molar-refractivity contribution in [2.45, 2.75) is 32.6 Å². The summed E-state index contributed by atoms with van der Waals surface area (Å²) in [7, 11) is 0. The van der Waals surface area contributed by atoms with Crippen LogP contribution in [-0.4, -0.2) is 31.4 Å². The van der Waals surface area contributed by atoms with E-state index in [4.69, 9.17) is 0 Å². The van der Waals surface area contributed by atoms with Gasteiger partial charge in [0.05, 0.1) is 12.4 Å². The SMILES string of the molecule is CCNC(=O)CNC1=NCCCCC1. The average Bonchev–Trinajstić information content (AvgIpc) is 2.43. The highest BCUT2D eigenvalue weighted by Crippen LogP contribution is 2.05. The minimum Gasteiger partial charge on any atom is -0.365 e. The van der Waals surface area contributed by atoms with Gasteiger partial charge in [0.25, 0.3) is 0 Å². The van der Waals surface area contributed by atoms with Crippen LogP contribution in [0.15, 0.2) is 4.99 Å². The highest BCUT2D eigenvalue weighted by molar-refractivity contribution is 5.87. The van der Waals surface area contributed by atoms with Gasteiger partial charge in [0.1, 0.15) is 0 Å². The van der Waals surface area contributed by atoms with E-state index in [1.807, 2.05) is 6.92 Å². The van der Waals surface area contributed by atoms with Gasteiger partial charge in [-0.2, -0.15) is 0 Å². The highest BCUT2D eigenvalue weighted by atomic mass is 16.1. The summed E-state index contributed by atoms with van der Waals surface area (Å²) in [5, 5.41) is 5.83. The summed E-state index contributed by atoms with van der Waals surface area (Å²) < 4.78 is 0. The summed E-state index contributed by atoms with van der Waals surface area (Å²) in [5.74, 6) is 1.04. The molecule has 0 atom stereocenters. The molecule has 1 amide bonds. The van der Waals surface area contributed by atoms with Gasteiger partial charge < -0.3 is 10.6 Å². The monoisotopic (exact) mass is 197 g/mol. The lowest BCUT2D eigenvalue weighted by Crippen LogP contribution is -2.36. The molecule has 0 aliphatic carbocycles. The second-order valence-corrected chi connectivity index (χ2v) is 3.45. The first-order valence-corrected chi connectivity index (χ1v) is 5.37. The molecular formula is C10H19N3O. The zero-order valence-corrected chi connectivity index (χ0v) is 8.81.